The van der Waals surface area contributed by atoms with Gasteiger partial charge in [-0.3, -0.25) is 9.59 Å². The number of aliphatic carboxylic acids is 2. The molecule has 0 spiro atoms. The van der Waals surface area contributed by atoms with Gasteiger partial charge in [0, 0.05) is 27.4 Å². The number of hydrogen-bond acceptors (Lipinski definition) is 6. The maximum atomic E-state index is 11.7. The third kappa shape index (κ3) is 5.25. The molecule has 0 aliphatic heterocycles. The fraction of sp³-hybridized carbons (Fsp3) is 0.857. The first-order valence-electron chi connectivity index (χ1n) is 7.65. The van der Waals surface area contributed by atoms with Crippen molar-refractivity contribution in [2.45, 2.75) is 44.7 Å². The molecule has 2 unspecified atom stereocenters. The van der Waals surface area contributed by atoms with Crippen LogP contribution in [-0.4, -0.2) is 64.4 Å². The predicted octanol–water partition coefficient (Wildman–Crippen LogP) is 1.19. The van der Waals surface area contributed by atoms with Crippen molar-refractivity contribution in [1.82, 2.24) is 5.32 Å². The van der Waals surface area contributed by atoms with Crippen molar-refractivity contribution in [3.63, 3.8) is 0 Å². The van der Waals surface area contributed by atoms with Crippen molar-refractivity contribution >= 4 is 20.7 Å². The minimum absolute atomic E-state index is 0.175. The number of carboxylic acid groups (broad SMARTS) is 2. The molecule has 0 heterocycles. The van der Waals surface area contributed by atoms with Crippen LogP contribution >= 0.6 is 0 Å². The summed E-state index contributed by atoms with van der Waals surface area (Å²) in [7, 11) is 1.82. The summed E-state index contributed by atoms with van der Waals surface area (Å²) < 4.78 is 15.9. The van der Waals surface area contributed by atoms with Gasteiger partial charge in [0.15, 0.2) is 0 Å². The highest BCUT2D eigenvalue weighted by Gasteiger charge is 2.47. The average Bonchev–Trinajstić information content (AvgIpc) is 2.54. The van der Waals surface area contributed by atoms with Crippen LogP contribution in [0.3, 0.4) is 0 Å². The lowest BCUT2D eigenvalue weighted by Crippen LogP contribution is -2.59. The summed E-state index contributed by atoms with van der Waals surface area (Å²) in [5.74, 6) is -3.26. The molecule has 0 fully saturated rings. The van der Waals surface area contributed by atoms with E-state index in [-0.39, 0.29) is 12.8 Å². The van der Waals surface area contributed by atoms with E-state index in [0.29, 0.717) is 19.0 Å². The van der Waals surface area contributed by atoms with Crippen molar-refractivity contribution in [3.05, 3.63) is 0 Å². The summed E-state index contributed by atoms with van der Waals surface area (Å²) in [6.45, 7) is 3.67. The van der Waals surface area contributed by atoms with Gasteiger partial charge in [-0.25, -0.2) is 0 Å². The van der Waals surface area contributed by atoms with Gasteiger partial charge in [0.1, 0.15) is 5.54 Å². The Hall–Kier alpha value is -1.00. The number of rotatable bonds is 13. The zero-order chi connectivity index (χ0) is 18.1. The van der Waals surface area contributed by atoms with E-state index in [1.54, 1.807) is 13.8 Å². The summed E-state index contributed by atoms with van der Waals surface area (Å²) in [5.41, 5.74) is -1.49. The normalized spacial score (nSPS) is 15.9. The van der Waals surface area contributed by atoms with Gasteiger partial charge in [-0.15, -0.1) is 0 Å². The van der Waals surface area contributed by atoms with E-state index >= 15 is 0 Å². The van der Waals surface area contributed by atoms with E-state index in [1.165, 1.54) is 21.3 Å². The molecule has 0 aromatic rings. The van der Waals surface area contributed by atoms with E-state index in [2.05, 4.69) is 5.32 Å². The maximum absolute atomic E-state index is 11.7. The summed E-state index contributed by atoms with van der Waals surface area (Å²) in [4.78, 5) is 23.1. The Morgan fingerprint density at radius 1 is 1.13 bits per heavy atom. The second kappa shape index (κ2) is 9.99. The Bertz CT molecular complexity index is 381. The average molecular weight is 351 g/mol. The van der Waals surface area contributed by atoms with Crippen molar-refractivity contribution in [1.29, 1.82) is 0 Å². The molecule has 0 radical (unpaired) electrons. The molecule has 9 heteroatoms. The molecule has 0 aromatic heterocycles. The molecule has 0 rings (SSSR count). The molecular weight excluding hydrogens is 322 g/mol. The van der Waals surface area contributed by atoms with Gasteiger partial charge in [-0.1, -0.05) is 13.8 Å². The summed E-state index contributed by atoms with van der Waals surface area (Å²) in [6, 6.07) is 0.507. The summed E-state index contributed by atoms with van der Waals surface area (Å²) in [5, 5.41) is 21.8. The molecule has 0 saturated carbocycles. The molecule has 0 aliphatic carbocycles. The van der Waals surface area contributed by atoms with Gasteiger partial charge >= 0.3 is 20.7 Å². The van der Waals surface area contributed by atoms with Gasteiger partial charge in [-0.2, -0.15) is 0 Å². The third-order valence-corrected chi connectivity index (χ3v) is 7.11. The van der Waals surface area contributed by atoms with E-state index in [0.717, 1.165) is 0 Å². The largest absolute Gasteiger partial charge is 0.500 e. The van der Waals surface area contributed by atoms with Crippen LogP contribution in [0.2, 0.25) is 6.04 Å². The van der Waals surface area contributed by atoms with E-state index in [9.17, 15) is 19.8 Å². The molecule has 23 heavy (non-hydrogen) atoms. The predicted molar refractivity (Wildman–Crippen MR) is 86.3 cm³/mol. The van der Waals surface area contributed by atoms with Crippen molar-refractivity contribution in [2.75, 3.05) is 27.9 Å². The standard InChI is InChI=1S/C14H29NO7Si/c1-6-11(12(16)17)14(7-2,13(18)19)15-9-8-10-23(20-3,21-4)22-5/h11,15H,6-10H2,1-5H3,(H,16,17)(H,18,19). The molecule has 0 aliphatic rings. The Balaban J connectivity index is 4.95. The SMILES string of the molecule is CCC(C(=O)O)C(CC)(NCCC[Si](OC)(OC)OC)C(=O)O. The van der Waals surface area contributed by atoms with Crippen LogP contribution in [0.1, 0.15) is 33.1 Å². The maximum Gasteiger partial charge on any atom is 0.500 e. The molecule has 2 atom stereocenters. The Morgan fingerprint density at radius 2 is 1.65 bits per heavy atom. The lowest BCUT2D eigenvalue weighted by molar-refractivity contribution is -0.158. The monoisotopic (exact) mass is 351 g/mol. The molecule has 0 aromatic carbocycles. The van der Waals surface area contributed by atoms with Crippen molar-refractivity contribution < 1.29 is 33.1 Å². The number of carbonyl (C=O) groups is 2. The highest BCUT2D eigenvalue weighted by Crippen LogP contribution is 2.26. The molecule has 3 N–H and O–H groups in total. The third-order valence-electron chi connectivity index (χ3n) is 4.27. The lowest BCUT2D eigenvalue weighted by atomic mass is 9.79. The van der Waals surface area contributed by atoms with Gasteiger partial charge in [-0.05, 0) is 25.8 Å². The molecule has 0 saturated heterocycles. The molecule has 0 bridgehead atoms. The molecule has 136 valence electrons. The summed E-state index contributed by atoms with van der Waals surface area (Å²) in [6.07, 6.45) is 0.955. The van der Waals surface area contributed by atoms with Crippen molar-refractivity contribution in [2.24, 2.45) is 5.92 Å². The first kappa shape index (κ1) is 22.0. The van der Waals surface area contributed by atoms with Crippen LogP contribution in [0, 0.1) is 5.92 Å². The highest BCUT2D eigenvalue weighted by molar-refractivity contribution is 6.60. The Kier molecular flexibility index (Phi) is 9.55. The molecule has 8 nitrogen and oxygen atoms in total. The first-order valence-corrected chi connectivity index (χ1v) is 9.58. The molecular formula is C14H29NO7Si. The smallest absolute Gasteiger partial charge is 0.481 e. The fourth-order valence-electron chi connectivity index (χ4n) is 2.78. The summed E-state index contributed by atoms with van der Waals surface area (Å²) >= 11 is 0. The topological polar surface area (TPSA) is 114 Å². The van der Waals surface area contributed by atoms with Crippen LogP contribution in [0.5, 0.6) is 0 Å². The van der Waals surface area contributed by atoms with Crippen LogP contribution < -0.4 is 5.32 Å². The van der Waals surface area contributed by atoms with Crippen LogP contribution in [0.15, 0.2) is 0 Å². The van der Waals surface area contributed by atoms with Gasteiger partial charge in [0.2, 0.25) is 0 Å². The second-order valence-electron chi connectivity index (χ2n) is 5.25. The minimum atomic E-state index is -2.71. The zero-order valence-corrected chi connectivity index (χ0v) is 15.5. The zero-order valence-electron chi connectivity index (χ0n) is 14.5. The first-order chi connectivity index (χ1) is 10.8. The number of hydrogen-bond donors (Lipinski definition) is 3. The fourth-order valence-corrected chi connectivity index (χ4v) is 4.50. The van der Waals surface area contributed by atoms with E-state index < -0.39 is 32.2 Å². The van der Waals surface area contributed by atoms with E-state index in [4.69, 9.17) is 13.3 Å². The van der Waals surface area contributed by atoms with Crippen LogP contribution in [-0.2, 0) is 22.9 Å². The van der Waals surface area contributed by atoms with Gasteiger partial charge < -0.3 is 28.8 Å². The molecule has 0 amide bonds. The Labute approximate surface area is 138 Å². The van der Waals surface area contributed by atoms with Gasteiger partial charge in [0.05, 0.1) is 5.92 Å². The second-order valence-corrected chi connectivity index (χ2v) is 8.35. The van der Waals surface area contributed by atoms with Crippen molar-refractivity contribution in [3.8, 4) is 0 Å². The number of nitrogens with one attached hydrogen (secondary N) is 1. The van der Waals surface area contributed by atoms with Gasteiger partial charge in [0.25, 0.3) is 0 Å². The van der Waals surface area contributed by atoms with Crippen LogP contribution in [0.4, 0.5) is 0 Å². The van der Waals surface area contributed by atoms with Crippen LogP contribution in [0.25, 0.3) is 0 Å². The lowest BCUT2D eigenvalue weighted by Gasteiger charge is -2.35. The van der Waals surface area contributed by atoms with E-state index in [1.807, 2.05) is 0 Å². The minimum Gasteiger partial charge on any atom is -0.481 e. The highest BCUT2D eigenvalue weighted by atomic mass is 28.4. The quantitative estimate of drug-likeness (QED) is 0.335. The number of carboxylic acids is 2. The Morgan fingerprint density at radius 3 is 1.96 bits per heavy atom.